The number of aromatic nitrogens is 1. The molecule has 0 radical (unpaired) electrons. The van der Waals surface area contributed by atoms with E-state index in [1.54, 1.807) is 6.07 Å². The van der Waals surface area contributed by atoms with Gasteiger partial charge in [-0.05, 0) is 46.8 Å². The van der Waals surface area contributed by atoms with Crippen LogP contribution in [0.4, 0.5) is 0 Å². The Morgan fingerprint density at radius 3 is 2.65 bits per heavy atom. The molecular formula is C16H14Cl2N2. The summed E-state index contributed by atoms with van der Waals surface area (Å²) in [7, 11) is 0. The molecule has 2 nitrogen and oxygen atoms in total. The quantitative estimate of drug-likeness (QED) is 0.761. The minimum Gasteiger partial charge on any atom is -0.343 e. The van der Waals surface area contributed by atoms with Gasteiger partial charge in [0.1, 0.15) is 0 Å². The highest BCUT2D eigenvalue weighted by molar-refractivity contribution is 6.33. The molecule has 0 saturated carbocycles. The molecule has 2 N–H and O–H groups in total. The predicted molar refractivity (Wildman–Crippen MR) is 85.4 cm³/mol. The van der Waals surface area contributed by atoms with Gasteiger partial charge in [-0.25, -0.2) is 0 Å². The molecule has 0 unspecified atom stereocenters. The van der Waals surface area contributed by atoms with E-state index in [1.165, 1.54) is 5.39 Å². The molecule has 0 amide bonds. The maximum absolute atomic E-state index is 6.23. The Morgan fingerprint density at radius 2 is 1.85 bits per heavy atom. The smallest absolute Gasteiger partial charge is 0.0491 e. The van der Waals surface area contributed by atoms with Crippen molar-refractivity contribution in [2.45, 2.75) is 13.1 Å². The fourth-order valence-electron chi connectivity index (χ4n) is 2.34. The number of hydrogen-bond donors (Lipinski definition) is 1. The van der Waals surface area contributed by atoms with Crippen LogP contribution in [0.15, 0.2) is 48.7 Å². The summed E-state index contributed by atoms with van der Waals surface area (Å²) in [5, 5.41) is 2.62. The lowest BCUT2D eigenvalue weighted by Gasteiger charge is -2.09. The lowest BCUT2D eigenvalue weighted by molar-refractivity contribution is 0.836. The molecule has 4 heteroatoms. The van der Waals surface area contributed by atoms with Crippen LogP contribution in [0.1, 0.15) is 11.1 Å². The Kier molecular flexibility index (Phi) is 3.70. The number of hydrogen-bond acceptors (Lipinski definition) is 1. The third kappa shape index (κ3) is 2.55. The van der Waals surface area contributed by atoms with Crippen molar-refractivity contribution in [1.82, 2.24) is 4.57 Å². The van der Waals surface area contributed by atoms with Gasteiger partial charge in [0, 0.05) is 34.8 Å². The number of halogens is 2. The third-order valence-corrected chi connectivity index (χ3v) is 4.03. The van der Waals surface area contributed by atoms with E-state index in [1.807, 2.05) is 12.1 Å². The number of rotatable bonds is 3. The second-order valence-electron chi connectivity index (χ2n) is 4.78. The van der Waals surface area contributed by atoms with Crippen molar-refractivity contribution in [3.63, 3.8) is 0 Å². The van der Waals surface area contributed by atoms with E-state index in [2.05, 4.69) is 35.0 Å². The molecule has 0 atom stereocenters. The predicted octanol–water partition coefficient (Wildman–Crippen LogP) is 4.46. The molecule has 2 aromatic carbocycles. The van der Waals surface area contributed by atoms with Crippen LogP contribution < -0.4 is 5.73 Å². The Balaban J connectivity index is 2.04. The van der Waals surface area contributed by atoms with Crippen LogP contribution in [-0.4, -0.2) is 4.57 Å². The van der Waals surface area contributed by atoms with Crippen molar-refractivity contribution < 1.29 is 0 Å². The molecule has 1 heterocycles. The van der Waals surface area contributed by atoms with Gasteiger partial charge in [-0.1, -0.05) is 35.3 Å². The molecule has 0 aliphatic rings. The molecule has 0 saturated heterocycles. The molecular weight excluding hydrogens is 291 g/mol. The summed E-state index contributed by atoms with van der Waals surface area (Å²) >= 11 is 12.3. The number of benzene rings is 2. The van der Waals surface area contributed by atoms with Crippen molar-refractivity contribution in [3.8, 4) is 0 Å². The Labute approximate surface area is 127 Å². The largest absolute Gasteiger partial charge is 0.343 e. The SMILES string of the molecule is NCc1ccc2ccn(Cc3cc(Cl)ccc3Cl)c2c1. The molecule has 0 bridgehead atoms. The van der Waals surface area contributed by atoms with Crippen LogP contribution >= 0.6 is 23.2 Å². The Morgan fingerprint density at radius 1 is 1.00 bits per heavy atom. The van der Waals surface area contributed by atoms with Crippen LogP contribution in [-0.2, 0) is 13.1 Å². The normalized spacial score (nSPS) is 11.2. The Bertz CT molecular complexity index is 762. The molecule has 0 spiro atoms. The van der Waals surface area contributed by atoms with Crippen molar-refractivity contribution >= 4 is 34.1 Å². The summed E-state index contributed by atoms with van der Waals surface area (Å²) in [5.41, 5.74) is 8.99. The van der Waals surface area contributed by atoms with Gasteiger partial charge in [0.2, 0.25) is 0 Å². The van der Waals surface area contributed by atoms with Crippen LogP contribution in [0.25, 0.3) is 10.9 Å². The molecule has 102 valence electrons. The minimum absolute atomic E-state index is 0.541. The second kappa shape index (κ2) is 5.49. The van der Waals surface area contributed by atoms with Crippen LogP contribution in [0.5, 0.6) is 0 Å². The zero-order chi connectivity index (χ0) is 14.1. The monoisotopic (exact) mass is 304 g/mol. The van der Waals surface area contributed by atoms with Gasteiger partial charge in [0.05, 0.1) is 0 Å². The molecule has 0 fully saturated rings. The molecule has 0 aliphatic heterocycles. The number of nitrogens with two attached hydrogens (primary N) is 1. The standard InChI is InChI=1S/C16H14Cl2N2/c17-14-3-4-15(18)13(8-14)10-20-6-5-12-2-1-11(9-19)7-16(12)20/h1-8H,9-10,19H2. The topological polar surface area (TPSA) is 30.9 Å². The first-order valence-corrected chi connectivity index (χ1v) is 7.15. The van der Waals surface area contributed by atoms with E-state index in [-0.39, 0.29) is 0 Å². The second-order valence-corrected chi connectivity index (χ2v) is 5.62. The van der Waals surface area contributed by atoms with Crippen molar-refractivity contribution in [3.05, 3.63) is 69.8 Å². The van der Waals surface area contributed by atoms with Gasteiger partial charge >= 0.3 is 0 Å². The first-order chi connectivity index (χ1) is 9.67. The van der Waals surface area contributed by atoms with Gasteiger partial charge in [-0.2, -0.15) is 0 Å². The maximum atomic E-state index is 6.23. The van der Waals surface area contributed by atoms with Crippen molar-refractivity contribution in [1.29, 1.82) is 0 Å². The van der Waals surface area contributed by atoms with Crippen molar-refractivity contribution in [2.75, 3.05) is 0 Å². The fraction of sp³-hybridized carbons (Fsp3) is 0.125. The molecule has 3 aromatic rings. The summed E-state index contributed by atoms with van der Waals surface area (Å²) in [6.07, 6.45) is 2.06. The van der Waals surface area contributed by atoms with E-state index >= 15 is 0 Å². The number of nitrogens with zero attached hydrogens (tertiary/aromatic N) is 1. The first kappa shape index (κ1) is 13.5. The van der Waals surface area contributed by atoms with E-state index in [4.69, 9.17) is 28.9 Å². The minimum atomic E-state index is 0.541. The number of fused-ring (bicyclic) bond motifs is 1. The van der Waals surface area contributed by atoms with Crippen LogP contribution in [0, 0.1) is 0 Å². The third-order valence-electron chi connectivity index (χ3n) is 3.42. The first-order valence-electron chi connectivity index (χ1n) is 6.39. The van der Waals surface area contributed by atoms with E-state index in [0.29, 0.717) is 18.1 Å². The van der Waals surface area contributed by atoms with Crippen LogP contribution in [0.2, 0.25) is 10.0 Å². The average Bonchev–Trinajstić information content (AvgIpc) is 2.85. The molecule has 1 aromatic heterocycles. The highest BCUT2D eigenvalue weighted by Gasteiger charge is 2.06. The highest BCUT2D eigenvalue weighted by Crippen LogP contribution is 2.24. The van der Waals surface area contributed by atoms with Gasteiger partial charge in [0.15, 0.2) is 0 Å². The fourth-order valence-corrected chi connectivity index (χ4v) is 2.71. The summed E-state index contributed by atoms with van der Waals surface area (Å²) in [6, 6.07) is 13.9. The maximum Gasteiger partial charge on any atom is 0.0491 e. The highest BCUT2D eigenvalue weighted by atomic mass is 35.5. The Hall–Kier alpha value is -1.48. The van der Waals surface area contributed by atoms with Gasteiger partial charge in [0.25, 0.3) is 0 Å². The summed E-state index contributed by atoms with van der Waals surface area (Å²) in [4.78, 5) is 0. The van der Waals surface area contributed by atoms with Crippen molar-refractivity contribution in [2.24, 2.45) is 5.73 Å². The molecule has 3 rings (SSSR count). The van der Waals surface area contributed by atoms with Crippen LogP contribution in [0.3, 0.4) is 0 Å². The van der Waals surface area contributed by atoms with E-state index < -0.39 is 0 Å². The van der Waals surface area contributed by atoms with Gasteiger partial charge in [-0.3, -0.25) is 0 Å². The van der Waals surface area contributed by atoms with Gasteiger partial charge < -0.3 is 10.3 Å². The zero-order valence-electron chi connectivity index (χ0n) is 10.8. The van der Waals surface area contributed by atoms with Gasteiger partial charge in [-0.15, -0.1) is 0 Å². The van der Waals surface area contributed by atoms with E-state index in [9.17, 15) is 0 Å². The average molecular weight is 305 g/mol. The summed E-state index contributed by atoms with van der Waals surface area (Å²) < 4.78 is 2.16. The zero-order valence-corrected chi connectivity index (χ0v) is 12.3. The molecule has 0 aliphatic carbocycles. The summed E-state index contributed by atoms with van der Waals surface area (Å²) in [6.45, 7) is 1.23. The lowest BCUT2D eigenvalue weighted by Crippen LogP contribution is -2.00. The lowest BCUT2D eigenvalue weighted by atomic mass is 10.1. The summed E-state index contributed by atoms with van der Waals surface area (Å²) in [5.74, 6) is 0. The molecule has 20 heavy (non-hydrogen) atoms. The van der Waals surface area contributed by atoms with E-state index in [0.717, 1.165) is 21.7 Å².